The van der Waals surface area contributed by atoms with E-state index in [1.807, 2.05) is 0 Å². The summed E-state index contributed by atoms with van der Waals surface area (Å²) in [6.45, 7) is 3.17. The van der Waals surface area contributed by atoms with Gasteiger partial charge in [-0.1, -0.05) is 23.2 Å². The van der Waals surface area contributed by atoms with Crippen LogP contribution in [0.3, 0.4) is 0 Å². The summed E-state index contributed by atoms with van der Waals surface area (Å²) in [5.41, 5.74) is 7.59. The van der Waals surface area contributed by atoms with E-state index >= 15 is 0 Å². The summed E-state index contributed by atoms with van der Waals surface area (Å²) in [5.74, 6) is 3.71. The lowest BCUT2D eigenvalue weighted by atomic mass is 9.99. The third-order valence-electron chi connectivity index (χ3n) is 4.46. The molecule has 6 N–H and O–H groups in total. The first kappa shape index (κ1) is 26.2. The van der Waals surface area contributed by atoms with Gasteiger partial charge in [-0.15, -0.1) is 0 Å². The number of nitrogens with one attached hydrogen (secondary N) is 4. The van der Waals surface area contributed by atoms with Crippen molar-refractivity contribution in [2.45, 2.75) is 6.54 Å². The minimum atomic E-state index is -0.761. The Bertz CT molecular complexity index is 1330. The standard InChI is InChI=1S/C20H18Cl2FN9O4/c1-25-29-18(28-24)17-11(4-10(21)5-13(17)23)9-3-12(22)14(26-7-9)8-27-20(34)31-30-19(33)15-6-16(35-2)32-36-15/h3-7H,1,8,24H2,2H3,(H,28,29)(H,30,33)(H2,27,31,34). The first-order chi connectivity index (χ1) is 17.3. The van der Waals surface area contributed by atoms with Crippen LogP contribution in [0.4, 0.5) is 9.18 Å². The number of ether oxygens (including phenoxy) is 1. The van der Waals surface area contributed by atoms with Crippen molar-refractivity contribution in [1.82, 2.24) is 31.7 Å². The van der Waals surface area contributed by atoms with Crippen molar-refractivity contribution in [3.63, 3.8) is 0 Å². The van der Waals surface area contributed by atoms with E-state index < -0.39 is 17.8 Å². The Morgan fingerprint density at radius 2 is 2.03 bits per heavy atom. The second-order valence-electron chi connectivity index (χ2n) is 6.71. The van der Waals surface area contributed by atoms with Crippen molar-refractivity contribution in [3.8, 4) is 17.0 Å². The number of halogens is 3. The topological polar surface area (TPSA) is 181 Å². The van der Waals surface area contributed by atoms with Crippen LogP contribution in [0.2, 0.25) is 10.0 Å². The van der Waals surface area contributed by atoms with E-state index in [9.17, 15) is 14.0 Å². The molecule has 3 amide bonds. The molecule has 0 aliphatic heterocycles. The monoisotopic (exact) mass is 537 g/mol. The van der Waals surface area contributed by atoms with Crippen LogP contribution in [0.1, 0.15) is 21.8 Å². The maximum Gasteiger partial charge on any atom is 0.333 e. The zero-order chi connectivity index (χ0) is 26.2. The fourth-order valence-corrected chi connectivity index (χ4v) is 3.29. The number of aromatic nitrogens is 2. The summed E-state index contributed by atoms with van der Waals surface area (Å²) < 4.78 is 24.3. The summed E-state index contributed by atoms with van der Waals surface area (Å²) in [6.07, 6.45) is 1.39. The molecule has 3 aromatic rings. The molecule has 188 valence electrons. The third kappa shape index (κ3) is 6.17. The van der Waals surface area contributed by atoms with Gasteiger partial charge in [0.1, 0.15) is 5.82 Å². The number of carbonyl (C=O) groups excluding carboxylic acids is 2. The Labute approximate surface area is 212 Å². The quantitative estimate of drug-likeness (QED) is 0.131. The number of urea groups is 1. The molecule has 0 bridgehead atoms. The van der Waals surface area contributed by atoms with Crippen LogP contribution < -0.4 is 32.2 Å². The van der Waals surface area contributed by atoms with Gasteiger partial charge in [0.05, 0.1) is 36.0 Å². The lowest BCUT2D eigenvalue weighted by Gasteiger charge is -2.14. The smallest absolute Gasteiger partial charge is 0.333 e. The molecule has 2 heterocycles. The van der Waals surface area contributed by atoms with Crippen LogP contribution in [0.25, 0.3) is 11.1 Å². The molecule has 0 fully saturated rings. The van der Waals surface area contributed by atoms with Crippen molar-refractivity contribution in [3.05, 3.63) is 63.3 Å². The zero-order valence-corrected chi connectivity index (χ0v) is 19.9. The average Bonchev–Trinajstić information content (AvgIpc) is 3.34. The summed E-state index contributed by atoms with van der Waals surface area (Å²) >= 11 is 12.4. The molecule has 3 rings (SSSR count). The molecule has 13 nitrogen and oxygen atoms in total. The van der Waals surface area contributed by atoms with Gasteiger partial charge in [0.2, 0.25) is 5.76 Å². The minimum Gasteiger partial charge on any atom is -0.479 e. The molecule has 0 aliphatic rings. The Kier molecular flexibility index (Phi) is 8.59. The van der Waals surface area contributed by atoms with E-state index in [4.69, 9.17) is 38.3 Å². The van der Waals surface area contributed by atoms with Gasteiger partial charge in [0.25, 0.3) is 5.88 Å². The van der Waals surface area contributed by atoms with E-state index in [0.29, 0.717) is 5.56 Å². The number of carbonyl (C=O) groups is 2. The summed E-state index contributed by atoms with van der Waals surface area (Å²) in [4.78, 5) is 28.2. The maximum absolute atomic E-state index is 14.7. The van der Waals surface area contributed by atoms with Crippen molar-refractivity contribution < 1.29 is 23.2 Å². The number of hydrazone groups is 2. The molecule has 0 unspecified atom stereocenters. The van der Waals surface area contributed by atoms with Crippen LogP contribution in [0.5, 0.6) is 5.88 Å². The van der Waals surface area contributed by atoms with Gasteiger partial charge in [-0.2, -0.15) is 10.2 Å². The highest BCUT2D eigenvalue weighted by Crippen LogP contribution is 2.31. The van der Waals surface area contributed by atoms with Gasteiger partial charge in [-0.3, -0.25) is 20.6 Å². The molecule has 2 aromatic heterocycles. The number of hydrogen-bond donors (Lipinski definition) is 5. The summed E-state index contributed by atoms with van der Waals surface area (Å²) in [6, 6.07) is 4.53. The molecule has 1 aromatic carbocycles. The fourth-order valence-electron chi connectivity index (χ4n) is 2.86. The number of hydrazine groups is 1. The lowest BCUT2D eigenvalue weighted by molar-refractivity contribution is 0.0899. The molecular formula is C20H18Cl2FN9O4. The zero-order valence-electron chi connectivity index (χ0n) is 18.4. The third-order valence-corrected chi connectivity index (χ3v) is 5.01. The van der Waals surface area contributed by atoms with Gasteiger partial charge in [-0.25, -0.2) is 14.6 Å². The lowest BCUT2D eigenvalue weighted by Crippen LogP contribution is -2.46. The van der Waals surface area contributed by atoms with Gasteiger partial charge in [0, 0.05) is 23.5 Å². The second kappa shape index (κ2) is 11.8. The number of methoxy groups -OCH3 is 1. The van der Waals surface area contributed by atoms with Gasteiger partial charge >= 0.3 is 11.9 Å². The van der Waals surface area contributed by atoms with Gasteiger partial charge in [-0.05, 0) is 28.9 Å². The molecule has 0 saturated heterocycles. The molecule has 16 heteroatoms. The van der Waals surface area contributed by atoms with Crippen molar-refractivity contribution in [2.75, 3.05) is 7.11 Å². The number of nitrogens with two attached hydrogens (primary N) is 1. The minimum absolute atomic E-state index is 0.0301. The predicted octanol–water partition coefficient (Wildman–Crippen LogP) is 2.16. The van der Waals surface area contributed by atoms with Crippen molar-refractivity contribution in [2.24, 2.45) is 16.0 Å². The van der Waals surface area contributed by atoms with E-state index in [-0.39, 0.29) is 50.9 Å². The van der Waals surface area contributed by atoms with Gasteiger partial charge in [0.15, 0.2) is 5.84 Å². The number of hydrogen-bond acceptors (Lipinski definition) is 9. The van der Waals surface area contributed by atoms with Crippen LogP contribution in [0.15, 0.2) is 45.2 Å². The number of amides is 3. The Morgan fingerprint density at radius 1 is 1.25 bits per heavy atom. The largest absolute Gasteiger partial charge is 0.479 e. The van der Waals surface area contributed by atoms with E-state index in [0.717, 1.165) is 6.07 Å². The highest BCUT2D eigenvalue weighted by atomic mass is 35.5. The predicted molar refractivity (Wildman–Crippen MR) is 129 cm³/mol. The molecule has 36 heavy (non-hydrogen) atoms. The average molecular weight is 538 g/mol. The fraction of sp³-hybridized carbons (Fsp3) is 0.100. The molecule has 0 spiro atoms. The number of rotatable bonds is 7. The van der Waals surface area contributed by atoms with Crippen LogP contribution in [-0.2, 0) is 6.54 Å². The Morgan fingerprint density at radius 3 is 2.67 bits per heavy atom. The van der Waals surface area contributed by atoms with Crippen LogP contribution in [0, 0.1) is 5.82 Å². The highest BCUT2D eigenvalue weighted by molar-refractivity contribution is 6.32. The summed E-state index contributed by atoms with van der Waals surface area (Å²) in [7, 11) is 1.35. The van der Waals surface area contributed by atoms with Crippen molar-refractivity contribution >= 4 is 47.7 Å². The Hall–Kier alpha value is -4.43. The van der Waals surface area contributed by atoms with E-state index in [1.54, 1.807) is 0 Å². The van der Waals surface area contributed by atoms with Crippen LogP contribution >= 0.6 is 23.2 Å². The number of nitrogens with zero attached hydrogens (tertiary/aromatic N) is 4. The Balaban J connectivity index is 1.70. The molecule has 0 atom stereocenters. The second-order valence-corrected chi connectivity index (χ2v) is 7.55. The van der Waals surface area contributed by atoms with E-state index in [2.05, 4.69) is 48.7 Å². The number of amidine groups is 1. The van der Waals surface area contributed by atoms with Crippen LogP contribution in [-0.4, -0.2) is 41.7 Å². The molecule has 0 aliphatic carbocycles. The molecular weight excluding hydrogens is 520 g/mol. The first-order valence-electron chi connectivity index (χ1n) is 9.76. The normalized spacial score (nSPS) is 10.9. The first-order valence-corrected chi connectivity index (χ1v) is 10.5. The highest BCUT2D eigenvalue weighted by Gasteiger charge is 2.19. The van der Waals surface area contributed by atoms with E-state index in [1.165, 1.54) is 31.5 Å². The maximum atomic E-state index is 14.7. The number of pyridine rings is 1. The molecule has 0 radical (unpaired) electrons. The van der Waals surface area contributed by atoms with Crippen molar-refractivity contribution in [1.29, 1.82) is 0 Å². The SMILES string of the molecule is C=NN/C(=N/N)c1c(F)cc(Cl)cc1-c1cnc(CNC(=O)NNC(=O)c2cc(OC)no2)c(Cl)c1. The number of benzene rings is 1. The van der Waals surface area contributed by atoms with Gasteiger partial charge < -0.3 is 20.4 Å². The molecule has 0 saturated carbocycles. The summed E-state index contributed by atoms with van der Waals surface area (Å²) in [5, 5.41) is 13.2.